The molecule has 0 atom stereocenters. The van der Waals surface area contributed by atoms with Gasteiger partial charge in [-0.3, -0.25) is 14.5 Å². The summed E-state index contributed by atoms with van der Waals surface area (Å²) in [6.45, 7) is 21.1. The zero-order valence-electron chi connectivity index (χ0n) is 40.9. The highest BCUT2D eigenvalue weighted by atomic mass is 16.6. The molecule has 0 bridgehead atoms. The van der Waals surface area contributed by atoms with Crippen molar-refractivity contribution >= 4 is 18.0 Å². The summed E-state index contributed by atoms with van der Waals surface area (Å²) in [4.78, 5) is 45.7. The van der Waals surface area contributed by atoms with E-state index >= 15 is 0 Å². The quantitative estimate of drug-likeness (QED) is 0.0340. The monoisotopic (exact) mass is 852 g/mol. The molecule has 0 aliphatic carbocycles. The highest BCUT2D eigenvalue weighted by Crippen LogP contribution is 2.21. The van der Waals surface area contributed by atoms with E-state index < -0.39 is 0 Å². The van der Waals surface area contributed by atoms with Gasteiger partial charge < -0.3 is 24.0 Å². The van der Waals surface area contributed by atoms with E-state index in [0.29, 0.717) is 52.4 Å². The average molecular weight is 852 g/mol. The van der Waals surface area contributed by atoms with Gasteiger partial charge in [0.05, 0.1) is 12.5 Å². The third kappa shape index (κ3) is 36.8. The van der Waals surface area contributed by atoms with Crippen molar-refractivity contribution in [2.45, 2.75) is 234 Å². The molecule has 0 fully saturated rings. The van der Waals surface area contributed by atoms with Crippen LogP contribution in [0.15, 0.2) is 0 Å². The number of carbonyl (C=O) groups excluding carboxylic acids is 3. The van der Waals surface area contributed by atoms with E-state index in [2.05, 4.69) is 51.3 Å². The molecule has 9 heteroatoms. The second-order valence-electron chi connectivity index (χ2n) is 17.5. The van der Waals surface area contributed by atoms with Crippen LogP contribution in [0.4, 0.5) is 4.79 Å². The molecule has 0 heterocycles. The Bertz CT molecular complexity index is 930. The molecular formula is C51H101N3O6. The van der Waals surface area contributed by atoms with Crippen molar-refractivity contribution in [2.24, 2.45) is 5.92 Å². The summed E-state index contributed by atoms with van der Waals surface area (Å²) in [5.41, 5.74) is 0. The smallest absolute Gasteiger partial charge is 0.409 e. The Hall–Kier alpha value is -1.87. The van der Waals surface area contributed by atoms with Crippen LogP contribution in [0.5, 0.6) is 0 Å². The minimum Gasteiger partial charge on any atom is -0.466 e. The van der Waals surface area contributed by atoms with E-state index in [4.69, 9.17) is 14.2 Å². The summed E-state index contributed by atoms with van der Waals surface area (Å²) >= 11 is 0. The summed E-state index contributed by atoms with van der Waals surface area (Å²) < 4.78 is 17.4. The fraction of sp³-hybridized carbons (Fsp3) is 0.941. The molecular weight excluding hydrogens is 751 g/mol. The van der Waals surface area contributed by atoms with Crippen LogP contribution in [0.3, 0.4) is 0 Å². The molecule has 9 nitrogen and oxygen atoms in total. The highest BCUT2D eigenvalue weighted by molar-refractivity contribution is 5.72. The van der Waals surface area contributed by atoms with Crippen molar-refractivity contribution < 1.29 is 28.6 Å². The Labute approximate surface area is 372 Å². The molecule has 0 rings (SSSR count). The molecule has 0 aliphatic heterocycles. The minimum atomic E-state index is -0.248. The normalized spacial score (nSPS) is 11.6. The van der Waals surface area contributed by atoms with Crippen molar-refractivity contribution in [3.63, 3.8) is 0 Å². The van der Waals surface area contributed by atoms with Crippen LogP contribution in [0, 0.1) is 5.92 Å². The Morgan fingerprint density at radius 2 is 0.817 bits per heavy atom. The van der Waals surface area contributed by atoms with Crippen molar-refractivity contribution in [1.29, 1.82) is 0 Å². The molecule has 60 heavy (non-hydrogen) atoms. The number of nitrogens with zero attached hydrogens (tertiary/aromatic N) is 3. The first-order valence-electron chi connectivity index (χ1n) is 26.0. The minimum absolute atomic E-state index is 0.00408. The molecule has 0 saturated heterocycles. The number of hydrogen-bond acceptors (Lipinski definition) is 8. The Morgan fingerprint density at radius 1 is 0.383 bits per heavy atom. The van der Waals surface area contributed by atoms with Crippen LogP contribution in [0.2, 0.25) is 0 Å². The highest BCUT2D eigenvalue weighted by Gasteiger charge is 2.21. The maximum atomic E-state index is 13.5. The summed E-state index contributed by atoms with van der Waals surface area (Å²) in [6.07, 6.45) is 33.2. The number of carbonyl (C=O) groups is 3. The van der Waals surface area contributed by atoms with Crippen LogP contribution < -0.4 is 0 Å². The first kappa shape index (κ1) is 58.1. The Morgan fingerprint density at radius 3 is 1.33 bits per heavy atom. The maximum Gasteiger partial charge on any atom is 0.409 e. The van der Waals surface area contributed by atoms with E-state index in [-0.39, 0.29) is 23.9 Å². The van der Waals surface area contributed by atoms with Crippen LogP contribution in [-0.2, 0) is 23.8 Å². The average Bonchev–Trinajstić information content (AvgIpc) is 3.25. The van der Waals surface area contributed by atoms with Gasteiger partial charge >= 0.3 is 18.0 Å². The van der Waals surface area contributed by atoms with Gasteiger partial charge in [-0.05, 0) is 71.1 Å². The van der Waals surface area contributed by atoms with E-state index in [0.717, 1.165) is 116 Å². The van der Waals surface area contributed by atoms with Gasteiger partial charge in [-0.25, -0.2) is 4.79 Å². The fourth-order valence-corrected chi connectivity index (χ4v) is 7.95. The third-order valence-electron chi connectivity index (χ3n) is 12.1. The van der Waals surface area contributed by atoms with Gasteiger partial charge in [-0.15, -0.1) is 0 Å². The topological polar surface area (TPSA) is 88.6 Å². The standard InChI is InChI=1S/C51H101N3O6/c1-7-13-17-21-23-25-29-36-48(37-30-26-24-22-18-14-8-2)50(56)59-46-43-53(40-35-39-52(11-5)12-6)44-47-60-51(57)54(41-32-20-16-10-4)42-33-28-31-38-49(55)58-45-34-27-19-15-9-3/h48H,7-47H2,1-6H3. The Kier molecular flexibility index (Phi) is 43.8. The summed E-state index contributed by atoms with van der Waals surface area (Å²) in [6, 6.07) is 0. The van der Waals surface area contributed by atoms with Crippen molar-refractivity contribution in [2.75, 3.05) is 72.2 Å². The Balaban J connectivity index is 5.15. The number of hydrogen-bond donors (Lipinski definition) is 0. The number of unbranched alkanes of at least 4 members (excludes halogenated alkanes) is 21. The molecule has 1 amide bonds. The van der Waals surface area contributed by atoms with Gasteiger partial charge in [0.2, 0.25) is 0 Å². The lowest BCUT2D eigenvalue weighted by Crippen LogP contribution is -2.38. The van der Waals surface area contributed by atoms with Crippen LogP contribution in [-0.4, -0.2) is 105 Å². The third-order valence-corrected chi connectivity index (χ3v) is 12.1. The predicted octanol–water partition coefficient (Wildman–Crippen LogP) is 13.6. The lowest BCUT2D eigenvalue weighted by Gasteiger charge is -2.26. The van der Waals surface area contributed by atoms with Gasteiger partial charge in [0.1, 0.15) is 13.2 Å². The number of amides is 1. The molecule has 0 aliphatic rings. The second-order valence-corrected chi connectivity index (χ2v) is 17.5. The summed E-state index contributed by atoms with van der Waals surface area (Å²) in [5.74, 6) is -0.130. The van der Waals surface area contributed by atoms with Crippen molar-refractivity contribution in [1.82, 2.24) is 14.7 Å². The molecule has 0 aromatic carbocycles. The molecule has 0 aromatic heterocycles. The number of rotatable bonds is 46. The predicted molar refractivity (Wildman–Crippen MR) is 254 cm³/mol. The fourth-order valence-electron chi connectivity index (χ4n) is 7.95. The molecule has 0 radical (unpaired) electrons. The second kappa shape index (κ2) is 45.2. The lowest BCUT2D eigenvalue weighted by atomic mass is 9.94. The van der Waals surface area contributed by atoms with Crippen molar-refractivity contribution in [3.05, 3.63) is 0 Å². The number of ether oxygens (including phenoxy) is 3. The van der Waals surface area contributed by atoms with E-state index in [9.17, 15) is 14.4 Å². The summed E-state index contributed by atoms with van der Waals surface area (Å²) in [7, 11) is 0. The van der Waals surface area contributed by atoms with Gasteiger partial charge in [0.15, 0.2) is 0 Å². The van der Waals surface area contributed by atoms with Crippen LogP contribution in [0.1, 0.15) is 234 Å². The first-order valence-corrected chi connectivity index (χ1v) is 26.0. The zero-order chi connectivity index (χ0) is 44.2. The van der Waals surface area contributed by atoms with E-state index in [1.54, 1.807) is 0 Å². The molecule has 0 aromatic rings. The van der Waals surface area contributed by atoms with Gasteiger partial charge in [-0.1, -0.05) is 183 Å². The SMILES string of the molecule is CCCCCCCCCC(CCCCCCCCC)C(=O)OCCN(CCCN(CC)CC)CCOC(=O)N(CCCCCC)CCCCCC(=O)OCCCCCCC. The van der Waals surface area contributed by atoms with Gasteiger partial charge in [0.25, 0.3) is 0 Å². The van der Waals surface area contributed by atoms with E-state index in [1.807, 2.05) is 4.90 Å². The molecule has 0 unspecified atom stereocenters. The molecule has 356 valence electrons. The molecule has 0 saturated carbocycles. The molecule has 0 N–H and O–H groups in total. The van der Waals surface area contributed by atoms with Crippen molar-refractivity contribution in [3.8, 4) is 0 Å². The first-order chi connectivity index (χ1) is 29.4. The van der Waals surface area contributed by atoms with Gasteiger partial charge in [0, 0.05) is 32.6 Å². The van der Waals surface area contributed by atoms with E-state index in [1.165, 1.54) is 96.3 Å². The number of esters is 2. The van der Waals surface area contributed by atoms with Crippen LogP contribution >= 0.6 is 0 Å². The maximum absolute atomic E-state index is 13.5. The van der Waals surface area contributed by atoms with Gasteiger partial charge in [-0.2, -0.15) is 0 Å². The summed E-state index contributed by atoms with van der Waals surface area (Å²) in [5, 5.41) is 0. The lowest BCUT2D eigenvalue weighted by molar-refractivity contribution is -0.149. The largest absolute Gasteiger partial charge is 0.466 e. The van der Waals surface area contributed by atoms with Crippen LogP contribution in [0.25, 0.3) is 0 Å². The molecule has 0 spiro atoms. The zero-order valence-corrected chi connectivity index (χ0v) is 40.9.